The van der Waals surface area contributed by atoms with Crippen molar-refractivity contribution in [2.24, 2.45) is 0 Å². The van der Waals surface area contributed by atoms with Gasteiger partial charge in [-0.1, -0.05) is 36.0 Å². The number of nitrogens with one attached hydrogen (secondary N) is 1. The molecule has 2 heterocycles. The third-order valence-corrected chi connectivity index (χ3v) is 5.94. The number of hydrogen-bond acceptors (Lipinski definition) is 7. The molecule has 1 N–H and O–H groups in total. The lowest BCUT2D eigenvalue weighted by atomic mass is 10.1. The van der Waals surface area contributed by atoms with Gasteiger partial charge in [-0.15, -0.1) is 28.1 Å². The number of aromatic nitrogens is 4. The van der Waals surface area contributed by atoms with Crippen LogP contribution >= 0.6 is 23.1 Å². The molecule has 0 aliphatic rings. The van der Waals surface area contributed by atoms with Crippen molar-refractivity contribution in [2.45, 2.75) is 44.3 Å². The molecule has 1 atom stereocenters. The number of hydrogen-bond donors (Lipinski definition) is 1. The van der Waals surface area contributed by atoms with Crippen molar-refractivity contribution in [2.75, 3.05) is 5.32 Å². The van der Waals surface area contributed by atoms with Gasteiger partial charge in [0, 0.05) is 18.1 Å². The maximum Gasteiger partial charge on any atom is 0.239 e. The summed E-state index contributed by atoms with van der Waals surface area (Å²) in [6.07, 6.45) is 3.43. The summed E-state index contributed by atoms with van der Waals surface area (Å²) < 4.78 is 7.94. The molecule has 0 fully saturated rings. The zero-order valence-electron chi connectivity index (χ0n) is 16.6. The van der Waals surface area contributed by atoms with Crippen LogP contribution in [0.25, 0.3) is 0 Å². The topological polar surface area (TPSA) is 81.9 Å². The largest absolute Gasteiger partial charge is 0.485 e. The number of aryl methyl sites for hydroxylation is 2. The van der Waals surface area contributed by atoms with Crippen LogP contribution in [0.3, 0.4) is 0 Å². The first-order chi connectivity index (χ1) is 14.0. The lowest BCUT2D eigenvalue weighted by Crippen LogP contribution is -2.23. The number of ether oxygens (including phenoxy) is 1. The average Bonchev–Trinajstić information content (AvgIpc) is 3.32. The summed E-state index contributed by atoms with van der Waals surface area (Å²) in [5.41, 5.74) is 2.14. The highest BCUT2D eigenvalue weighted by Gasteiger charge is 2.21. The minimum absolute atomic E-state index is 0.133. The van der Waals surface area contributed by atoms with Gasteiger partial charge in [-0.3, -0.25) is 9.36 Å². The molecule has 0 saturated carbocycles. The molecule has 9 heteroatoms. The number of amides is 1. The van der Waals surface area contributed by atoms with Crippen LogP contribution in [0.1, 0.15) is 23.9 Å². The van der Waals surface area contributed by atoms with Crippen LogP contribution in [0.5, 0.6) is 5.75 Å². The maximum absolute atomic E-state index is 12.4. The summed E-state index contributed by atoms with van der Waals surface area (Å²) in [6, 6.07) is 6.03. The van der Waals surface area contributed by atoms with Crippen LogP contribution in [0.15, 0.2) is 47.6 Å². The molecule has 0 aliphatic carbocycles. The Morgan fingerprint density at radius 3 is 2.79 bits per heavy atom. The summed E-state index contributed by atoms with van der Waals surface area (Å²) >= 11 is 2.72. The molecule has 7 nitrogen and oxygen atoms in total. The van der Waals surface area contributed by atoms with E-state index in [2.05, 4.69) is 27.1 Å². The van der Waals surface area contributed by atoms with Gasteiger partial charge in [0.1, 0.15) is 12.4 Å². The minimum atomic E-state index is -0.362. The van der Waals surface area contributed by atoms with E-state index in [1.807, 2.05) is 48.9 Å². The van der Waals surface area contributed by atoms with E-state index in [1.165, 1.54) is 23.1 Å². The monoisotopic (exact) mass is 429 g/mol. The van der Waals surface area contributed by atoms with Gasteiger partial charge in [0.2, 0.25) is 5.91 Å². The molecule has 1 aromatic carbocycles. The van der Waals surface area contributed by atoms with E-state index in [0.717, 1.165) is 16.9 Å². The Labute approximate surface area is 178 Å². The summed E-state index contributed by atoms with van der Waals surface area (Å²) in [5, 5.41) is 14.0. The van der Waals surface area contributed by atoms with Gasteiger partial charge in [-0.25, -0.2) is 4.98 Å². The van der Waals surface area contributed by atoms with Crippen LogP contribution in [0.2, 0.25) is 0 Å². The quantitative estimate of drug-likeness (QED) is 0.405. The van der Waals surface area contributed by atoms with Crippen LogP contribution < -0.4 is 10.1 Å². The molecule has 3 rings (SSSR count). The highest BCUT2D eigenvalue weighted by molar-refractivity contribution is 8.00. The van der Waals surface area contributed by atoms with Crippen LogP contribution in [-0.2, 0) is 17.9 Å². The van der Waals surface area contributed by atoms with Crippen molar-refractivity contribution in [1.29, 1.82) is 0 Å². The number of benzene rings is 1. The first-order valence-corrected chi connectivity index (χ1v) is 10.8. The number of thioether (sulfide) groups is 1. The fraction of sp³-hybridized carbons (Fsp3) is 0.300. The highest BCUT2D eigenvalue weighted by Crippen LogP contribution is 2.26. The van der Waals surface area contributed by atoms with Crippen LogP contribution in [-0.4, -0.2) is 30.9 Å². The Morgan fingerprint density at radius 2 is 2.14 bits per heavy atom. The summed E-state index contributed by atoms with van der Waals surface area (Å²) in [6.45, 7) is 10.5. The molecule has 152 valence electrons. The number of para-hydroxylation sites is 1. The van der Waals surface area contributed by atoms with E-state index in [0.29, 0.717) is 22.7 Å². The second-order valence-electron chi connectivity index (χ2n) is 6.39. The van der Waals surface area contributed by atoms with Gasteiger partial charge in [-0.2, -0.15) is 0 Å². The predicted molar refractivity (Wildman–Crippen MR) is 117 cm³/mol. The normalized spacial score (nSPS) is 11.8. The highest BCUT2D eigenvalue weighted by atomic mass is 32.2. The Kier molecular flexibility index (Phi) is 7.05. The second-order valence-corrected chi connectivity index (χ2v) is 8.60. The van der Waals surface area contributed by atoms with Gasteiger partial charge in [0.25, 0.3) is 0 Å². The molecule has 0 bridgehead atoms. The molecule has 0 spiro atoms. The third kappa shape index (κ3) is 5.24. The van der Waals surface area contributed by atoms with Crippen molar-refractivity contribution >= 4 is 34.1 Å². The van der Waals surface area contributed by atoms with Crippen molar-refractivity contribution in [1.82, 2.24) is 19.7 Å². The van der Waals surface area contributed by atoms with Crippen LogP contribution in [0.4, 0.5) is 5.13 Å². The van der Waals surface area contributed by atoms with Crippen molar-refractivity contribution in [3.05, 3.63) is 59.4 Å². The standard InChI is InChI=1S/C20H23N5O2S2/c1-5-10-25-16(12-27-17-13(2)7-6-8-14(17)3)23-24-20(25)29-15(4)18(26)22-19-21-9-11-28-19/h5-9,11,15H,1,10,12H2,2-4H3,(H,21,22,26)/t15-/m0/s1. The number of carbonyl (C=O) groups is 1. The number of nitrogens with zero attached hydrogens (tertiary/aromatic N) is 4. The maximum atomic E-state index is 12.4. The smallest absolute Gasteiger partial charge is 0.239 e. The van der Waals surface area contributed by atoms with Crippen molar-refractivity contribution < 1.29 is 9.53 Å². The van der Waals surface area contributed by atoms with Gasteiger partial charge >= 0.3 is 0 Å². The van der Waals surface area contributed by atoms with Crippen molar-refractivity contribution in [3.63, 3.8) is 0 Å². The molecule has 0 saturated heterocycles. The molecule has 1 amide bonds. The molecule has 2 aromatic heterocycles. The van der Waals surface area contributed by atoms with Crippen LogP contribution in [0, 0.1) is 13.8 Å². The SMILES string of the molecule is C=CCn1c(COc2c(C)cccc2C)nnc1S[C@@H](C)C(=O)Nc1nccs1. The van der Waals surface area contributed by atoms with E-state index in [9.17, 15) is 4.79 Å². The summed E-state index contributed by atoms with van der Waals surface area (Å²) in [7, 11) is 0. The average molecular weight is 430 g/mol. The van der Waals surface area contributed by atoms with Gasteiger partial charge in [0.15, 0.2) is 16.1 Å². The predicted octanol–water partition coefficient (Wildman–Crippen LogP) is 4.24. The molecule has 0 radical (unpaired) electrons. The van der Waals surface area contributed by atoms with E-state index in [-0.39, 0.29) is 17.8 Å². The van der Waals surface area contributed by atoms with E-state index in [1.54, 1.807) is 12.3 Å². The Balaban J connectivity index is 1.70. The minimum Gasteiger partial charge on any atom is -0.485 e. The second kappa shape index (κ2) is 9.71. The molecule has 0 aliphatic heterocycles. The van der Waals surface area contributed by atoms with E-state index in [4.69, 9.17) is 4.74 Å². The fourth-order valence-corrected chi connectivity index (χ4v) is 4.10. The van der Waals surface area contributed by atoms with Gasteiger partial charge in [-0.05, 0) is 31.9 Å². The molecular weight excluding hydrogens is 406 g/mol. The number of rotatable bonds is 9. The Bertz CT molecular complexity index is 965. The summed E-state index contributed by atoms with van der Waals surface area (Å²) in [4.78, 5) is 16.5. The van der Waals surface area contributed by atoms with Gasteiger partial charge in [0.05, 0.1) is 5.25 Å². The van der Waals surface area contributed by atoms with E-state index < -0.39 is 0 Å². The zero-order chi connectivity index (χ0) is 20.8. The molecular formula is C20H23N5O2S2. The molecule has 29 heavy (non-hydrogen) atoms. The molecule has 3 aromatic rings. The lowest BCUT2D eigenvalue weighted by molar-refractivity contribution is -0.115. The van der Waals surface area contributed by atoms with E-state index >= 15 is 0 Å². The number of allylic oxidation sites excluding steroid dienone is 1. The first-order valence-electron chi connectivity index (χ1n) is 9.08. The summed E-state index contributed by atoms with van der Waals surface area (Å²) in [5.74, 6) is 1.40. The number of thiazole rings is 1. The Morgan fingerprint density at radius 1 is 1.38 bits per heavy atom. The number of carbonyl (C=O) groups excluding carboxylic acids is 1. The van der Waals surface area contributed by atoms with Gasteiger partial charge < -0.3 is 10.1 Å². The van der Waals surface area contributed by atoms with Crippen molar-refractivity contribution in [3.8, 4) is 5.75 Å². The lowest BCUT2D eigenvalue weighted by Gasteiger charge is -2.14. The fourth-order valence-electron chi connectivity index (χ4n) is 2.69. The number of anilines is 1. The zero-order valence-corrected chi connectivity index (χ0v) is 18.2. The third-order valence-electron chi connectivity index (χ3n) is 4.17. The Hall–Kier alpha value is -2.65. The first kappa shape index (κ1) is 21.1. The molecule has 0 unspecified atom stereocenters.